The first kappa shape index (κ1) is 25.7. The van der Waals surface area contributed by atoms with E-state index in [0.717, 1.165) is 46.2 Å². The number of hydrogen-bond donors (Lipinski definition) is 0. The molecule has 5 rings (SSSR count). The van der Waals surface area contributed by atoms with Crippen LogP contribution in [0.5, 0.6) is 0 Å². The molecule has 0 atom stereocenters. The minimum atomic E-state index is -4.43. The van der Waals surface area contributed by atoms with Gasteiger partial charge < -0.3 is 9.80 Å². The molecule has 4 aromatic rings. The smallest absolute Gasteiger partial charge is 0.352 e. The molecule has 0 radical (unpaired) electrons. The van der Waals surface area contributed by atoms with Gasteiger partial charge in [-0.25, -0.2) is 14.6 Å². The first-order valence-corrected chi connectivity index (χ1v) is 12.6. The van der Waals surface area contributed by atoms with Crippen LogP contribution < -0.4 is 4.90 Å². The van der Waals surface area contributed by atoms with Gasteiger partial charge in [0.15, 0.2) is 5.65 Å². The summed E-state index contributed by atoms with van der Waals surface area (Å²) in [4.78, 5) is 26.7. The largest absolute Gasteiger partial charge is 0.416 e. The zero-order valence-corrected chi connectivity index (χ0v) is 21.5. The van der Waals surface area contributed by atoms with Crippen molar-refractivity contribution >= 4 is 22.8 Å². The second-order valence-electron chi connectivity index (χ2n) is 9.95. The highest BCUT2D eigenvalue weighted by Gasteiger charge is 2.31. The van der Waals surface area contributed by atoms with Crippen LogP contribution in [0.15, 0.2) is 54.6 Å². The molecule has 0 saturated carbocycles. The summed E-state index contributed by atoms with van der Waals surface area (Å²) in [6, 6.07) is 14.2. The van der Waals surface area contributed by atoms with Gasteiger partial charge in [0.05, 0.1) is 22.3 Å². The van der Waals surface area contributed by atoms with Crippen molar-refractivity contribution in [3.05, 3.63) is 77.2 Å². The van der Waals surface area contributed by atoms with E-state index in [-0.39, 0.29) is 11.5 Å². The second kappa shape index (κ2) is 10.1. The number of nitrogens with zero attached hydrogens (tertiary/aromatic N) is 6. The number of anilines is 1. The van der Waals surface area contributed by atoms with Gasteiger partial charge in [0, 0.05) is 38.2 Å². The molecule has 0 spiro atoms. The second-order valence-corrected chi connectivity index (χ2v) is 9.95. The highest BCUT2D eigenvalue weighted by atomic mass is 19.4. The summed E-state index contributed by atoms with van der Waals surface area (Å²) >= 11 is 0. The fourth-order valence-electron chi connectivity index (χ4n) is 4.75. The molecule has 7 nitrogen and oxygen atoms in total. The molecule has 1 saturated heterocycles. The van der Waals surface area contributed by atoms with Crippen LogP contribution in [0.3, 0.4) is 0 Å². The lowest BCUT2D eigenvalue weighted by Gasteiger charge is -2.36. The van der Waals surface area contributed by atoms with E-state index in [1.54, 1.807) is 4.90 Å². The predicted molar refractivity (Wildman–Crippen MR) is 139 cm³/mol. The molecule has 0 unspecified atom stereocenters. The number of aryl methyl sites for hydroxylation is 1. The van der Waals surface area contributed by atoms with E-state index in [0.29, 0.717) is 38.5 Å². The zero-order valence-electron chi connectivity index (χ0n) is 21.5. The number of carbonyl (C=O) groups is 1. The molecule has 1 amide bonds. The highest BCUT2D eigenvalue weighted by Crippen LogP contribution is 2.31. The third kappa shape index (κ3) is 5.07. The lowest BCUT2D eigenvalue weighted by atomic mass is 10.1. The normalized spacial score (nSPS) is 14.5. The van der Waals surface area contributed by atoms with E-state index < -0.39 is 11.7 Å². The number of para-hydroxylation sites is 1. The Morgan fingerprint density at radius 2 is 1.61 bits per heavy atom. The standard InChI is InChI=1S/C28H29F3N6O/c1-18(2)17-23-32-25(24-19(3)34-37(26(24)33-23)22-7-5-4-6-8-22)35-13-15-36(16-14-35)27(38)20-9-11-21(12-10-20)28(29,30)31/h4-12,18H,13-17H2,1-3H3. The first-order chi connectivity index (χ1) is 18.1. The zero-order chi connectivity index (χ0) is 27.0. The monoisotopic (exact) mass is 522 g/mol. The van der Waals surface area contributed by atoms with Crippen molar-refractivity contribution in [2.45, 2.75) is 33.4 Å². The fourth-order valence-corrected chi connectivity index (χ4v) is 4.75. The maximum absolute atomic E-state index is 13.0. The Morgan fingerprint density at radius 1 is 0.947 bits per heavy atom. The molecule has 1 aliphatic rings. The summed E-state index contributed by atoms with van der Waals surface area (Å²) in [5.74, 6) is 1.63. The number of piperazine rings is 1. The van der Waals surface area contributed by atoms with Crippen molar-refractivity contribution in [2.75, 3.05) is 31.1 Å². The Bertz CT molecular complexity index is 1440. The van der Waals surface area contributed by atoms with Crippen LogP contribution >= 0.6 is 0 Å². The molecule has 2 aromatic carbocycles. The fraction of sp³-hybridized carbons (Fsp3) is 0.357. The quantitative estimate of drug-likeness (QED) is 0.356. The van der Waals surface area contributed by atoms with Crippen molar-refractivity contribution in [1.29, 1.82) is 0 Å². The predicted octanol–water partition coefficient (Wildman–Crippen LogP) is 5.30. The molecule has 0 N–H and O–H groups in total. The van der Waals surface area contributed by atoms with Crippen LogP contribution in [-0.4, -0.2) is 56.7 Å². The maximum Gasteiger partial charge on any atom is 0.416 e. The molecule has 3 heterocycles. The van der Waals surface area contributed by atoms with Crippen molar-refractivity contribution in [1.82, 2.24) is 24.6 Å². The Kier molecular flexibility index (Phi) is 6.81. The molecule has 1 aliphatic heterocycles. The molecular formula is C28H29F3N6O. The summed E-state index contributed by atoms with van der Waals surface area (Å²) in [5, 5.41) is 5.66. The van der Waals surface area contributed by atoms with Crippen LogP contribution in [0, 0.1) is 12.8 Å². The van der Waals surface area contributed by atoms with Gasteiger partial charge in [-0.2, -0.15) is 18.3 Å². The summed E-state index contributed by atoms with van der Waals surface area (Å²) in [5.41, 5.74) is 1.96. The van der Waals surface area contributed by atoms with Crippen molar-refractivity contribution in [3.8, 4) is 5.69 Å². The number of aromatic nitrogens is 4. The van der Waals surface area contributed by atoms with Crippen LogP contribution in [0.25, 0.3) is 16.7 Å². The number of halogens is 3. The van der Waals surface area contributed by atoms with Crippen molar-refractivity contribution < 1.29 is 18.0 Å². The van der Waals surface area contributed by atoms with E-state index in [1.165, 1.54) is 12.1 Å². The van der Waals surface area contributed by atoms with Gasteiger partial charge in [0.25, 0.3) is 5.91 Å². The van der Waals surface area contributed by atoms with Gasteiger partial charge in [-0.05, 0) is 49.2 Å². The van der Waals surface area contributed by atoms with E-state index in [1.807, 2.05) is 41.9 Å². The number of fused-ring (bicyclic) bond motifs is 1. The Morgan fingerprint density at radius 3 is 2.21 bits per heavy atom. The third-order valence-electron chi connectivity index (χ3n) is 6.65. The van der Waals surface area contributed by atoms with Crippen molar-refractivity contribution in [2.24, 2.45) is 5.92 Å². The molecular weight excluding hydrogens is 493 g/mol. The number of hydrogen-bond acceptors (Lipinski definition) is 5. The SMILES string of the molecule is Cc1nn(-c2ccccc2)c2nc(CC(C)C)nc(N3CCN(C(=O)c4ccc(C(F)(F)F)cc4)CC3)c12. The van der Waals surface area contributed by atoms with E-state index in [2.05, 4.69) is 18.7 Å². The van der Waals surface area contributed by atoms with Crippen LogP contribution in [-0.2, 0) is 12.6 Å². The van der Waals surface area contributed by atoms with Crippen LogP contribution in [0.2, 0.25) is 0 Å². The van der Waals surface area contributed by atoms with Gasteiger partial charge >= 0.3 is 6.18 Å². The number of carbonyl (C=O) groups excluding carboxylic acids is 1. The number of benzene rings is 2. The number of rotatable bonds is 5. The van der Waals surface area contributed by atoms with Gasteiger partial charge in [-0.3, -0.25) is 4.79 Å². The topological polar surface area (TPSA) is 67.2 Å². The Balaban J connectivity index is 1.42. The molecule has 198 valence electrons. The number of amides is 1. The average Bonchev–Trinajstić information content (AvgIpc) is 3.24. The van der Waals surface area contributed by atoms with Crippen LogP contribution in [0.4, 0.5) is 19.0 Å². The first-order valence-electron chi connectivity index (χ1n) is 12.6. The van der Waals surface area contributed by atoms with Gasteiger partial charge in [-0.1, -0.05) is 32.0 Å². The molecule has 0 aliphatic carbocycles. The lowest BCUT2D eigenvalue weighted by molar-refractivity contribution is -0.137. The summed E-state index contributed by atoms with van der Waals surface area (Å²) < 4.78 is 40.5. The minimum absolute atomic E-state index is 0.245. The molecule has 0 bridgehead atoms. The van der Waals surface area contributed by atoms with Crippen LogP contribution in [0.1, 0.15) is 41.3 Å². The van der Waals surface area contributed by atoms with E-state index in [4.69, 9.17) is 15.1 Å². The molecule has 2 aromatic heterocycles. The van der Waals surface area contributed by atoms with Crippen molar-refractivity contribution in [3.63, 3.8) is 0 Å². The lowest BCUT2D eigenvalue weighted by Crippen LogP contribution is -2.49. The summed E-state index contributed by atoms with van der Waals surface area (Å²) in [6.45, 7) is 8.12. The van der Waals surface area contributed by atoms with Gasteiger partial charge in [0.1, 0.15) is 11.6 Å². The Labute approximate surface area is 218 Å². The van der Waals surface area contributed by atoms with Gasteiger partial charge in [0.2, 0.25) is 0 Å². The third-order valence-corrected chi connectivity index (χ3v) is 6.65. The molecule has 38 heavy (non-hydrogen) atoms. The highest BCUT2D eigenvalue weighted by molar-refractivity contribution is 5.95. The van der Waals surface area contributed by atoms with E-state index in [9.17, 15) is 18.0 Å². The summed E-state index contributed by atoms with van der Waals surface area (Å²) in [6.07, 6.45) is -3.72. The van der Waals surface area contributed by atoms with E-state index >= 15 is 0 Å². The number of alkyl halides is 3. The molecule has 10 heteroatoms. The molecule has 1 fully saturated rings. The van der Waals surface area contributed by atoms with Gasteiger partial charge in [-0.15, -0.1) is 0 Å². The minimum Gasteiger partial charge on any atom is -0.352 e. The average molecular weight is 523 g/mol. The Hall–Kier alpha value is -3.95. The maximum atomic E-state index is 13.0. The summed E-state index contributed by atoms with van der Waals surface area (Å²) in [7, 11) is 0.